The first-order chi connectivity index (χ1) is 9.87. The minimum absolute atomic E-state index is 0. The van der Waals surface area contributed by atoms with E-state index in [1.807, 2.05) is 12.3 Å². The molecule has 1 aliphatic heterocycles. The molecular weight excluding hydrogens is 298 g/mol. The zero-order valence-corrected chi connectivity index (χ0v) is 14.6. The van der Waals surface area contributed by atoms with Crippen LogP contribution >= 0.6 is 12.4 Å². The minimum atomic E-state index is 0. The highest BCUT2D eigenvalue weighted by Gasteiger charge is 2.69. The van der Waals surface area contributed by atoms with Crippen LogP contribution in [0.5, 0.6) is 0 Å². The highest BCUT2D eigenvalue weighted by molar-refractivity contribution is 5.85. The number of halogens is 1. The quantitative estimate of drug-likeness (QED) is 0.910. The van der Waals surface area contributed by atoms with E-state index in [0.717, 1.165) is 25.2 Å². The molecule has 1 saturated heterocycles. The zero-order valence-electron chi connectivity index (χ0n) is 13.8. The molecule has 22 heavy (non-hydrogen) atoms. The van der Waals surface area contributed by atoms with Gasteiger partial charge in [0, 0.05) is 37.9 Å². The number of amides is 1. The van der Waals surface area contributed by atoms with Crippen LogP contribution in [0.1, 0.15) is 39.3 Å². The molecule has 1 unspecified atom stereocenters. The fraction of sp³-hybridized carbons (Fsp3) is 0.647. The Morgan fingerprint density at radius 1 is 1.32 bits per heavy atom. The molecule has 122 valence electrons. The number of hydrogen-bond acceptors (Lipinski definition) is 3. The van der Waals surface area contributed by atoms with Crippen molar-refractivity contribution in [2.24, 2.45) is 16.7 Å². The predicted molar refractivity (Wildman–Crippen MR) is 89.9 cm³/mol. The van der Waals surface area contributed by atoms with Gasteiger partial charge >= 0.3 is 0 Å². The molecule has 1 atom stereocenters. The van der Waals surface area contributed by atoms with Crippen LogP contribution in [0.25, 0.3) is 0 Å². The summed E-state index contributed by atoms with van der Waals surface area (Å²) in [5, 5.41) is 3.40. The number of pyridine rings is 1. The Kier molecular flexibility index (Phi) is 4.56. The van der Waals surface area contributed by atoms with E-state index in [-0.39, 0.29) is 35.2 Å². The van der Waals surface area contributed by atoms with Crippen molar-refractivity contribution < 1.29 is 4.79 Å². The van der Waals surface area contributed by atoms with E-state index in [0.29, 0.717) is 5.91 Å². The summed E-state index contributed by atoms with van der Waals surface area (Å²) in [7, 11) is 0. The average molecular weight is 324 g/mol. The number of piperazine rings is 1. The topological polar surface area (TPSA) is 45.2 Å². The van der Waals surface area contributed by atoms with Gasteiger partial charge in [0.15, 0.2) is 0 Å². The predicted octanol–water partition coefficient (Wildman–Crippen LogP) is 2.66. The number of carbonyl (C=O) groups is 1. The second-order valence-corrected chi connectivity index (χ2v) is 7.41. The zero-order chi connectivity index (χ0) is 15.3. The molecule has 0 spiro atoms. The molecule has 0 bridgehead atoms. The second kappa shape index (κ2) is 5.82. The monoisotopic (exact) mass is 323 g/mol. The highest BCUT2D eigenvalue weighted by atomic mass is 35.5. The van der Waals surface area contributed by atoms with Gasteiger partial charge in [-0.3, -0.25) is 9.78 Å². The summed E-state index contributed by atoms with van der Waals surface area (Å²) >= 11 is 0. The number of aromatic nitrogens is 1. The van der Waals surface area contributed by atoms with Gasteiger partial charge in [-0.05, 0) is 22.5 Å². The molecule has 1 saturated carbocycles. The second-order valence-electron chi connectivity index (χ2n) is 7.41. The van der Waals surface area contributed by atoms with Crippen LogP contribution in [0.3, 0.4) is 0 Å². The lowest BCUT2D eigenvalue weighted by Gasteiger charge is -2.37. The van der Waals surface area contributed by atoms with Gasteiger partial charge < -0.3 is 10.2 Å². The van der Waals surface area contributed by atoms with E-state index in [2.05, 4.69) is 49.0 Å². The fourth-order valence-electron chi connectivity index (χ4n) is 3.82. The molecule has 5 heteroatoms. The lowest BCUT2D eigenvalue weighted by molar-refractivity contribution is -0.137. The van der Waals surface area contributed by atoms with Crippen molar-refractivity contribution in [3.05, 3.63) is 30.1 Å². The van der Waals surface area contributed by atoms with Gasteiger partial charge in [-0.1, -0.05) is 33.8 Å². The maximum atomic E-state index is 13.1. The van der Waals surface area contributed by atoms with Crippen LogP contribution in [0.4, 0.5) is 0 Å². The third-order valence-corrected chi connectivity index (χ3v) is 5.86. The third-order valence-electron chi connectivity index (χ3n) is 5.86. The van der Waals surface area contributed by atoms with Gasteiger partial charge in [-0.25, -0.2) is 0 Å². The Hall–Kier alpha value is -1.13. The summed E-state index contributed by atoms with van der Waals surface area (Å²) in [5.74, 6) is 0.433. The van der Waals surface area contributed by atoms with Crippen LogP contribution in [-0.2, 0) is 4.79 Å². The fourth-order valence-corrected chi connectivity index (χ4v) is 3.82. The largest absolute Gasteiger partial charge is 0.333 e. The normalized spacial score (nSPS) is 26.2. The van der Waals surface area contributed by atoms with Crippen molar-refractivity contribution in [3.63, 3.8) is 0 Å². The van der Waals surface area contributed by atoms with E-state index in [9.17, 15) is 4.79 Å². The number of nitrogens with one attached hydrogen (secondary N) is 1. The Balaban J connectivity index is 0.00000176. The van der Waals surface area contributed by atoms with E-state index >= 15 is 0 Å². The molecule has 1 amide bonds. The van der Waals surface area contributed by atoms with Crippen molar-refractivity contribution in [1.82, 2.24) is 15.2 Å². The SMILES string of the molecule is CC1(C)C(C(=O)N2CCNCC2c2cccnc2)C1(C)C.Cl. The molecule has 4 nitrogen and oxygen atoms in total. The van der Waals surface area contributed by atoms with Crippen LogP contribution in [0.15, 0.2) is 24.5 Å². The summed E-state index contributed by atoms with van der Waals surface area (Å²) in [6.07, 6.45) is 3.65. The third kappa shape index (κ3) is 2.52. The maximum absolute atomic E-state index is 13.1. The van der Waals surface area contributed by atoms with Crippen molar-refractivity contribution in [3.8, 4) is 0 Å². The van der Waals surface area contributed by atoms with Crippen molar-refractivity contribution in [2.45, 2.75) is 33.7 Å². The number of carbonyl (C=O) groups excluding carboxylic acids is 1. The van der Waals surface area contributed by atoms with Crippen LogP contribution in [0.2, 0.25) is 0 Å². The van der Waals surface area contributed by atoms with Crippen LogP contribution in [-0.4, -0.2) is 35.4 Å². The Labute approximate surface area is 139 Å². The number of nitrogens with zero attached hydrogens (tertiary/aromatic N) is 2. The summed E-state index contributed by atoms with van der Waals surface area (Å²) in [4.78, 5) is 19.3. The lowest BCUT2D eigenvalue weighted by atomic mass is 10.0. The Morgan fingerprint density at radius 2 is 2.00 bits per heavy atom. The van der Waals surface area contributed by atoms with Gasteiger partial charge in [-0.2, -0.15) is 0 Å². The first-order valence-corrected chi connectivity index (χ1v) is 7.78. The first-order valence-electron chi connectivity index (χ1n) is 7.78. The van der Waals surface area contributed by atoms with Crippen LogP contribution < -0.4 is 5.32 Å². The molecule has 2 aliphatic rings. The first kappa shape index (κ1) is 17.2. The standard InChI is InChI=1S/C17H25N3O.ClH/c1-16(2)14(17(16,3)4)15(21)20-9-8-19-11-13(20)12-6-5-7-18-10-12;/h5-7,10,13-14,19H,8-9,11H2,1-4H3;1H. The van der Waals surface area contributed by atoms with Crippen molar-refractivity contribution in [2.75, 3.05) is 19.6 Å². The molecule has 2 fully saturated rings. The van der Waals surface area contributed by atoms with E-state index in [4.69, 9.17) is 0 Å². The molecule has 1 aromatic heterocycles. The van der Waals surface area contributed by atoms with E-state index in [1.165, 1.54) is 0 Å². The maximum Gasteiger partial charge on any atom is 0.227 e. The van der Waals surface area contributed by atoms with Gasteiger partial charge in [0.1, 0.15) is 0 Å². The van der Waals surface area contributed by atoms with Gasteiger partial charge in [0.25, 0.3) is 0 Å². The molecule has 1 N–H and O–H groups in total. The minimum Gasteiger partial charge on any atom is -0.333 e. The number of hydrogen-bond donors (Lipinski definition) is 1. The molecule has 0 aromatic carbocycles. The smallest absolute Gasteiger partial charge is 0.227 e. The van der Waals surface area contributed by atoms with Crippen LogP contribution in [0, 0.1) is 16.7 Å². The molecular formula is C17H26ClN3O. The average Bonchev–Trinajstić information content (AvgIpc) is 2.89. The summed E-state index contributed by atoms with van der Waals surface area (Å²) in [5.41, 5.74) is 1.30. The highest BCUT2D eigenvalue weighted by Crippen LogP contribution is 2.69. The van der Waals surface area contributed by atoms with E-state index < -0.39 is 0 Å². The molecule has 1 aromatic rings. The summed E-state index contributed by atoms with van der Waals surface area (Å²) < 4.78 is 0. The lowest BCUT2D eigenvalue weighted by Crippen LogP contribution is -2.49. The van der Waals surface area contributed by atoms with Crippen molar-refractivity contribution in [1.29, 1.82) is 0 Å². The molecule has 1 aliphatic carbocycles. The summed E-state index contributed by atoms with van der Waals surface area (Å²) in [6.45, 7) is 11.3. The number of rotatable bonds is 2. The van der Waals surface area contributed by atoms with Gasteiger partial charge in [-0.15, -0.1) is 12.4 Å². The van der Waals surface area contributed by atoms with E-state index in [1.54, 1.807) is 6.20 Å². The Morgan fingerprint density at radius 3 is 2.55 bits per heavy atom. The Bertz CT molecular complexity index is 530. The summed E-state index contributed by atoms with van der Waals surface area (Å²) in [6, 6.07) is 4.11. The van der Waals surface area contributed by atoms with Gasteiger partial charge in [0.05, 0.1) is 6.04 Å². The molecule has 0 radical (unpaired) electrons. The van der Waals surface area contributed by atoms with Crippen molar-refractivity contribution >= 4 is 18.3 Å². The molecule has 3 rings (SSSR count). The van der Waals surface area contributed by atoms with Gasteiger partial charge in [0.2, 0.25) is 5.91 Å². The molecule has 2 heterocycles.